The summed E-state index contributed by atoms with van der Waals surface area (Å²) < 4.78 is 40.9. The van der Waals surface area contributed by atoms with Crippen LogP contribution in [0.15, 0.2) is 60.8 Å². The molecular formula is C21H14F3N3O. The molecule has 0 saturated heterocycles. The summed E-state index contributed by atoms with van der Waals surface area (Å²) in [6, 6.07) is 13.8. The summed E-state index contributed by atoms with van der Waals surface area (Å²) in [6.45, 7) is 1.76. The van der Waals surface area contributed by atoms with Crippen LogP contribution in [-0.4, -0.2) is 20.9 Å². The Morgan fingerprint density at radius 3 is 2.54 bits per heavy atom. The van der Waals surface area contributed by atoms with Gasteiger partial charge in [-0.1, -0.05) is 36.4 Å². The van der Waals surface area contributed by atoms with Crippen LogP contribution in [0.3, 0.4) is 0 Å². The highest BCUT2D eigenvalue weighted by Crippen LogP contribution is 2.33. The predicted molar refractivity (Wildman–Crippen MR) is 99.0 cm³/mol. The second kappa shape index (κ2) is 6.60. The van der Waals surface area contributed by atoms with Gasteiger partial charge in [0, 0.05) is 22.4 Å². The zero-order valence-corrected chi connectivity index (χ0v) is 14.7. The Hall–Kier alpha value is -3.48. The van der Waals surface area contributed by atoms with Gasteiger partial charge in [-0.15, -0.1) is 0 Å². The number of benzene rings is 2. The minimum atomic E-state index is -4.44. The number of carbonyl (C=O) groups is 1. The molecule has 2 heterocycles. The number of hydrogen-bond acceptors (Lipinski definition) is 3. The first-order valence-electron chi connectivity index (χ1n) is 8.46. The van der Waals surface area contributed by atoms with E-state index in [4.69, 9.17) is 0 Å². The molecule has 0 amide bonds. The van der Waals surface area contributed by atoms with Gasteiger partial charge in [0.15, 0.2) is 11.9 Å². The molecule has 28 heavy (non-hydrogen) atoms. The largest absolute Gasteiger partial charge is 0.416 e. The van der Waals surface area contributed by atoms with E-state index in [-0.39, 0.29) is 0 Å². The van der Waals surface area contributed by atoms with Crippen LogP contribution in [0, 0.1) is 6.92 Å². The Kier molecular flexibility index (Phi) is 4.22. The zero-order chi connectivity index (χ0) is 19.9. The number of halogens is 3. The molecule has 4 nitrogen and oxygen atoms in total. The monoisotopic (exact) mass is 381 g/mol. The van der Waals surface area contributed by atoms with Crippen molar-refractivity contribution >= 4 is 11.9 Å². The van der Waals surface area contributed by atoms with E-state index >= 15 is 0 Å². The fourth-order valence-corrected chi connectivity index (χ4v) is 3.18. The van der Waals surface area contributed by atoms with Crippen LogP contribution in [0.25, 0.3) is 28.0 Å². The van der Waals surface area contributed by atoms with Crippen LogP contribution in [0.4, 0.5) is 13.2 Å². The van der Waals surface area contributed by atoms with Crippen LogP contribution in [0.5, 0.6) is 0 Å². The summed E-state index contributed by atoms with van der Waals surface area (Å²) in [5, 5.41) is 4.34. The van der Waals surface area contributed by atoms with E-state index in [2.05, 4.69) is 10.1 Å². The van der Waals surface area contributed by atoms with Gasteiger partial charge in [-0.3, -0.25) is 4.79 Å². The van der Waals surface area contributed by atoms with Crippen molar-refractivity contribution in [2.75, 3.05) is 0 Å². The minimum Gasteiger partial charge on any atom is -0.298 e. The molecule has 4 rings (SSSR count). The summed E-state index contributed by atoms with van der Waals surface area (Å²) in [6.07, 6.45) is -2.11. The summed E-state index contributed by atoms with van der Waals surface area (Å²) in [4.78, 5) is 15.9. The van der Waals surface area contributed by atoms with E-state index in [1.54, 1.807) is 49.5 Å². The second-order valence-electron chi connectivity index (χ2n) is 6.36. The lowest BCUT2D eigenvalue weighted by molar-refractivity contribution is -0.137. The van der Waals surface area contributed by atoms with Gasteiger partial charge in [-0.05, 0) is 30.7 Å². The van der Waals surface area contributed by atoms with E-state index < -0.39 is 11.7 Å². The maximum atomic E-state index is 13.1. The second-order valence-corrected chi connectivity index (χ2v) is 6.36. The lowest BCUT2D eigenvalue weighted by atomic mass is 10.0. The smallest absolute Gasteiger partial charge is 0.298 e. The van der Waals surface area contributed by atoms with Crippen molar-refractivity contribution in [2.45, 2.75) is 13.1 Å². The van der Waals surface area contributed by atoms with Crippen molar-refractivity contribution in [3.8, 4) is 22.4 Å². The molecule has 140 valence electrons. The van der Waals surface area contributed by atoms with E-state index in [1.807, 2.05) is 0 Å². The Labute approximate surface area is 158 Å². The lowest BCUT2D eigenvalue weighted by Crippen LogP contribution is -2.05. The molecule has 0 aliphatic rings. The molecule has 0 fully saturated rings. The molecule has 0 bridgehead atoms. The number of aryl methyl sites for hydroxylation is 1. The van der Waals surface area contributed by atoms with Crippen molar-refractivity contribution in [3.63, 3.8) is 0 Å². The number of alkyl halides is 3. The number of nitrogens with zero attached hydrogens (tertiary/aromatic N) is 3. The molecule has 2 aromatic heterocycles. The van der Waals surface area contributed by atoms with Crippen LogP contribution < -0.4 is 0 Å². The molecule has 0 spiro atoms. The molecule has 0 radical (unpaired) electrons. The van der Waals surface area contributed by atoms with Gasteiger partial charge >= 0.3 is 6.18 Å². The first-order chi connectivity index (χ1) is 13.4. The molecule has 0 aliphatic heterocycles. The van der Waals surface area contributed by atoms with Crippen LogP contribution in [-0.2, 0) is 6.18 Å². The molecule has 0 unspecified atom stereocenters. The van der Waals surface area contributed by atoms with Gasteiger partial charge in [0.05, 0.1) is 17.5 Å². The van der Waals surface area contributed by atoms with Gasteiger partial charge in [-0.2, -0.15) is 18.3 Å². The van der Waals surface area contributed by atoms with Crippen LogP contribution in [0.2, 0.25) is 0 Å². The summed E-state index contributed by atoms with van der Waals surface area (Å²) in [5.41, 5.74) is 3.03. The number of aromatic nitrogens is 3. The third kappa shape index (κ3) is 3.05. The van der Waals surface area contributed by atoms with E-state index in [0.29, 0.717) is 39.3 Å². The number of aldehydes is 1. The van der Waals surface area contributed by atoms with Crippen molar-refractivity contribution in [3.05, 3.63) is 77.6 Å². The van der Waals surface area contributed by atoms with Gasteiger partial charge in [0.2, 0.25) is 0 Å². The molecule has 0 atom stereocenters. The number of rotatable bonds is 3. The van der Waals surface area contributed by atoms with E-state index in [9.17, 15) is 18.0 Å². The Bertz CT molecular complexity index is 1200. The third-order valence-electron chi connectivity index (χ3n) is 4.46. The van der Waals surface area contributed by atoms with Crippen molar-refractivity contribution < 1.29 is 18.0 Å². The van der Waals surface area contributed by atoms with Crippen molar-refractivity contribution in [1.82, 2.24) is 14.6 Å². The molecule has 2 aromatic carbocycles. The van der Waals surface area contributed by atoms with Crippen molar-refractivity contribution in [2.24, 2.45) is 0 Å². The van der Waals surface area contributed by atoms with E-state index in [1.165, 1.54) is 10.6 Å². The molecule has 4 aromatic rings. The first kappa shape index (κ1) is 17.9. The fourth-order valence-electron chi connectivity index (χ4n) is 3.18. The summed E-state index contributed by atoms with van der Waals surface area (Å²) in [5.74, 6) is 0. The van der Waals surface area contributed by atoms with Gasteiger partial charge in [0.1, 0.15) is 0 Å². The highest BCUT2D eigenvalue weighted by atomic mass is 19.4. The summed E-state index contributed by atoms with van der Waals surface area (Å²) in [7, 11) is 0. The lowest BCUT2D eigenvalue weighted by Gasteiger charge is -2.11. The van der Waals surface area contributed by atoms with E-state index in [0.717, 1.165) is 18.4 Å². The van der Waals surface area contributed by atoms with Gasteiger partial charge in [0.25, 0.3) is 0 Å². The average molecular weight is 381 g/mol. The quantitative estimate of drug-likeness (QED) is 0.458. The topological polar surface area (TPSA) is 47.3 Å². The zero-order valence-electron chi connectivity index (χ0n) is 14.7. The minimum absolute atomic E-state index is 0.378. The molecular weight excluding hydrogens is 367 g/mol. The van der Waals surface area contributed by atoms with Gasteiger partial charge < -0.3 is 0 Å². The maximum Gasteiger partial charge on any atom is 0.416 e. The maximum absolute atomic E-state index is 13.1. The molecule has 7 heteroatoms. The Morgan fingerprint density at radius 1 is 1.00 bits per heavy atom. The first-order valence-corrected chi connectivity index (χ1v) is 8.46. The van der Waals surface area contributed by atoms with Crippen LogP contribution in [0.1, 0.15) is 21.6 Å². The highest BCUT2D eigenvalue weighted by molar-refractivity contribution is 5.91. The van der Waals surface area contributed by atoms with Crippen LogP contribution >= 0.6 is 0 Å². The fraction of sp³-hybridized carbons (Fsp3) is 0.0952. The normalized spacial score (nSPS) is 11.7. The molecule has 0 saturated carbocycles. The number of fused-ring (bicyclic) bond motifs is 1. The molecule has 0 N–H and O–H groups in total. The molecule has 0 aliphatic carbocycles. The number of hydrogen-bond donors (Lipinski definition) is 0. The highest BCUT2D eigenvalue weighted by Gasteiger charge is 2.30. The predicted octanol–water partition coefficient (Wildman–Crippen LogP) is 5.20. The van der Waals surface area contributed by atoms with Gasteiger partial charge in [-0.25, -0.2) is 9.50 Å². The standard InChI is InChI=1S/C21H14F3N3O/c1-13-9-19(14-6-4-7-16(10-14)21(22,23)24)27-20(26-13)18(11-25-27)17-8-3-2-5-15(17)12-28/h2-12H,1H3. The summed E-state index contributed by atoms with van der Waals surface area (Å²) >= 11 is 0. The van der Waals surface area contributed by atoms with Crippen molar-refractivity contribution in [1.29, 1.82) is 0 Å². The Balaban J connectivity index is 1.96. The Morgan fingerprint density at radius 2 is 1.79 bits per heavy atom. The average Bonchev–Trinajstić information content (AvgIpc) is 3.10. The number of carbonyl (C=O) groups excluding carboxylic acids is 1. The third-order valence-corrected chi connectivity index (χ3v) is 4.46. The SMILES string of the molecule is Cc1cc(-c2cccc(C(F)(F)F)c2)n2ncc(-c3ccccc3C=O)c2n1.